The number of pyridine rings is 1. The lowest BCUT2D eigenvalue weighted by molar-refractivity contribution is -0.904. The Morgan fingerprint density at radius 1 is 1.00 bits per heavy atom. The summed E-state index contributed by atoms with van der Waals surface area (Å²) < 4.78 is 52.4. The van der Waals surface area contributed by atoms with Crippen molar-refractivity contribution in [1.82, 2.24) is 9.78 Å². The standard InChI is InChI=1S/C22H19F2N4O3S/c1-14-2-3-16(15-8-10-27(29)11-9-15)12-19(14)21-13-20(22(23)24)26-28(21)17-4-6-18(7-5-17)32(25,30)31/h2-13,22,29H,1H3,(H2,25,30,31)/q+1. The molecule has 164 valence electrons. The second kappa shape index (κ2) is 8.13. The zero-order valence-corrected chi connectivity index (χ0v) is 17.7. The number of sulfonamides is 1. The first kappa shape index (κ1) is 21.6. The molecule has 0 amide bonds. The van der Waals surface area contributed by atoms with Crippen molar-refractivity contribution >= 4 is 10.0 Å². The van der Waals surface area contributed by atoms with Crippen LogP contribution in [0.25, 0.3) is 28.1 Å². The Balaban J connectivity index is 1.87. The number of nitrogens with zero attached hydrogens (tertiary/aromatic N) is 3. The van der Waals surface area contributed by atoms with Crippen molar-refractivity contribution in [1.29, 1.82) is 0 Å². The van der Waals surface area contributed by atoms with E-state index in [-0.39, 0.29) is 4.90 Å². The summed E-state index contributed by atoms with van der Waals surface area (Å²) in [6, 6.07) is 15.9. The van der Waals surface area contributed by atoms with Crippen LogP contribution in [0.3, 0.4) is 0 Å². The Labute approximate surface area is 183 Å². The van der Waals surface area contributed by atoms with Gasteiger partial charge in [0.2, 0.25) is 22.4 Å². The number of aromatic nitrogens is 3. The Kier molecular flexibility index (Phi) is 5.49. The molecule has 2 aromatic heterocycles. The fourth-order valence-electron chi connectivity index (χ4n) is 3.36. The van der Waals surface area contributed by atoms with Crippen molar-refractivity contribution in [3.8, 4) is 28.1 Å². The zero-order chi connectivity index (χ0) is 23.0. The maximum atomic E-state index is 13.5. The Morgan fingerprint density at radius 3 is 2.25 bits per heavy atom. The number of rotatable bonds is 5. The molecule has 0 fully saturated rings. The van der Waals surface area contributed by atoms with E-state index in [0.717, 1.165) is 21.4 Å². The van der Waals surface area contributed by atoms with Gasteiger partial charge in [-0.2, -0.15) is 5.10 Å². The van der Waals surface area contributed by atoms with Crippen molar-refractivity contribution in [2.75, 3.05) is 0 Å². The van der Waals surface area contributed by atoms with E-state index >= 15 is 0 Å². The lowest BCUT2D eigenvalue weighted by atomic mass is 9.98. The van der Waals surface area contributed by atoms with E-state index in [1.54, 1.807) is 12.1 Å². The normalized spacial score (nSPS) is 11.8. The summed E-state index contributed by atoms with van der Waals surface area (Å²) in [5.74, 6) is 0. The van der Waals surface area contributed by atoms with Crippen molar-refractivity contribution in [2.45, 2.75) is 18.2 Å². The van der Waals surface area contributed by atoms with Gasteiger partial charge in [-0.15, -0.1) is 0 Å². The number of primary sulfonamides is 1. The van der Waals surface area contributed by atoms with Crippen LogP contribution < -0.4 is 9.87 Å². The quantitative estimate of drug-likeness (QED) is 0.353. The molecule has 3 N–H and O–H groups in total. The minimum atomic E-state index is -3.89. The summed E-state index contributed by atoms with van der Waals surface area (Å²) in [5, 5.41) is 18.7. The molecule has 7 nitrogen and oxygen atoms in total. The van der Waals surface area contributed by atoms with E-state index in [2.05, 4.69) is 5.10 Å². The van der Waals surface area contributed by atoms with E-state index in [1.807, 2.05) is 25.1 Å². The van der Waals surface area contributed by atoms with Gasteiger partial charge in [-0.1, -0.05) is 12.1 Å². The summed E-state index contributed by atoms with van der Waals surface area (Å²) in [4.78, 5) is -0.0904. The minimum absolute atomic E-state index is 0.0904. The molecule has 4 rings (SSSR count). The van der Waals surface area contributed by atoms with Gasteiger partial charge in [0, 0.05) is 22.4 Å². The highest BCUT2D eigenvalue weighted by Crippen LogP contribution is 2.33. The number of aryl methyl sites for hydroxylation is 1. The second-order valence-electron chi connectivity index (χ2n) is 7.20. The van der Waals surface area contributed by atoms with Crippen LogP contribution in [0.1, 0.15) is 17.7 Å². The second-order valence-corrected chi connectivity index (χ2v) is 8.76. The number of nitrogens with two attached hydrogens (primary N) is 1. The zero-order valence-electron chi connectivity index (χ0n) is 16.9. The largest absolute Gasteiger partial charge is 0.285 e. The van der Waals surface area contributed by atoms with Crippen LogP contribution in [0.15, 0.2) is 78.0 Å². The van der Waals surface area contributed by atoms with Crippen LogP contribution in [0, 0.1) is 6.92 Å². The van der Waals surface area contributed by atoms with Gasteiger partial charge in [0.15, 0.2) is 0 Å². The molecule has 0 saturated carbocycles. The highest BCUT2D eigenvalue weighted by Gasteiger charge is 2.20. The van der Waals surface area contributed by atoms with Crippen LogP contribution in [-0.2, 0) is 10.0 Å². The molecular formula is C22H19F2N4O3S+. The van der Waals surface area contributed by atoms with Gasteiger partial charge in [-0.05, 0) is 60.0 Å². The van der Waals surface area contributed by atoms with Crippen LogP contribution in [0.5, 0.6) is 0 Å². The molecule has 0 bridgehead atoms. The third-order valence-corrected chi connectivity index (χ3v) is 5.95. The Morgan fingerprint density at radius 2 is 1.66 bits per heavy atom. The Hall–Kier alpha value is -3.63. The van der Waals surface area contributed by atoms with Crippen LogP contribution in [0.4, 0.5) is 8.78 Å². The average molecular weight is 457 g/mol. The minimum Gasteiger partial charge on any atom is -0.285 e. The molecule has 0 radical (unpaired) electrons. The average Bonchev–Trinajstić information content (AvgIpc) is 3.20. The molecule has 0 saturated heterocycles. The number of hydrogen-bond donors (Lipinski definition) is 2. The number of halogens is 2. The lowest BCUT2D eigenvalue weighted by Crippen LogP contribution is -2.27. The predicted molar refractivity (Wildman–Crippen MR) is 113 cm³/mol. The van der Waals surface area contributed by atoms with Crippen molar-refractivity contribution in [3.05, 3.63) is 84.3 Å². The van der Waals surface area contributed by atoms with Gasteiger partial charge in [0.1, 0.15) is 5.69 Å². The molecule has 0 unspecified atom stereocenters. The van der Waals surface area contributed by atoms with Gasteiger partial charge >= 0.3 is 0 Å². The summed E-state index contributed by atoms with van der Waals surface area (Å²) in [6.45, 7) is 1.86. The molecule has 0 aliphatic rings. The summed E-state index contributed by atoms with van der Waals surface area (Å²) in [6.07, 6.45) is 0.193. The first-order valence-electron chi connectivity index (χ1n) is 9.47. The topological polar surface area (TPSA) is 102 Å². The number of hydrogen-bond acceptors (Lipinski definition) is 4. The molecule has 32 heavy (non-hydrogen) atoms. The van der Waals surface area contributed by atoms with Gasteiger partial charge in [-0.25, -0.2) is 27.0 Å². The molecule has 0 aliphatic carbocycles. The number of alkyl halides is 2. The van der Waals surface area contributed by atoms with Crippen LogP contribution in [0.2, 0.25) is 0 Å². The van der Waals surface area contributed by atoms with Crippen molar-refractivity contribution < 1.29 is 27.1 Å². The predicted octanol–water partition coefficient (Wildman–Crippen LogP) is 3.62. The third-order valence-electron chi connectivity index (χ3n) is 5.02. The van der Waals surface area contributed by atoms with Gasteiger partial charge < -0.3 is 0 Å². The van der Waals surface area contributed by atoms with Gasteiger partial charge in [0.05, 0.1) is 16.3 Å². The van der Waals surface area contributed by atoms with E-state index < -0.39 is 22.1 Å². The molecule has 0 aliphatic heterocycles. The lowest BCUT2D eigenvalue weighted by Gasteiger charge is -2.12. The highest BCUT2D eigenvalue weighted by atomic mass is 32.2. The molecule has 4 aromatic rings. The molecular weight excluding hydrogens is 438 g/mol. The van der Waals surface area contributed by atoms with Crippen LogP contribution >= 0.6 is 0 Å². The van der Waals surface area contributed by atoms with Crippen LogP contribution in [-0.4, -0.2) is 23.4 Å². The smallest absolute Gasteiger partial charge is 0.282 e. The van der Waals surface area contributed by atoms with E-state index in [4.69, 9.17) is 5.14 Å². The maximum Gasteiger partial charge on any atom is 0.282 e. The summed E-state index contributed by atoms with van der Waals surface area (Å²) in [5.41, 5.74) is 3.60. The van der Waals surface area contributed by atoms with Crippen molar-refractivity contribution in [2.24, 2.45) is 5.14 Å². The molecule has 0 spiro atoms. The molecule has 10 heteroatoms. The fourth-order valence-corrected chi connectivity index (χ4v) is 3.88. The maximum absolute atomic E-state index is 13.5. The van der Waals surface area contributed by atoms with Gasteiger partial charge in [0.25, 0.3) is 6.43 Å². The molecule has 2 aromatic carbocycles. The summed E-state index contributed by atoms with van der Waals surface area (Å²) in [7, 11) is -3.89. The summed E-state index contributed by atoms with van der Waals surface area (Å²) >= 11 is 0. The van der Waals surface area contributed by atoms with E-state index in [0.29, 0.717) is 16.9 Å². The molecule has 2 heterocycles. The van der Waals surface area contributed by atoms with E-state index in [1.165, 1.54) is 47.4 Å². The molecule has 0 atom stereocenters. The van der Waals surface area contributed by atoms with Gasteiger partial charge in [-0.3, -0.25) is 5.21 Å². The fraction of sp³-hybridized carbons (Fsp3) is 0.0909. The van der Waals surface area contributed by atoms with E-state index in [9.17, 15) is 22.4 Å². The highest BCUT2D eigenvalue weighted by molar-refractivity contribution is 7.89. The first-order chi connectivity index (χ1) is 15.1. The monoisotopic (exact) mass is 457 g/mol. The Bertz CT molecular complexity index is 1380. The van der Waals surface area contributed by atoms with Crippen molar-refractivity contribution in [3.63, 3.8) is 0 Å². The first-order valence-corrected chi connectivity index (χ1v) is 11.0. The SMILES string of the molecule is Cc1ccc(-c2cc[n+](O)cc2)cc1-c1cc(C(F)F)nn1-c1ccc(S(N)(=O)=O)cc1. The number of benzene rings is 2. The third kappa shape index (κ3) is 4.23.